The van der Waals surface area contributed by atoms with Gasteiger partial charge in [-0.15, -0.1) is 0 Å². The number of aromatic nitrogens is 2. The Hall–Kier alpha value is -3.43. The highest BCUT2D eigenvalue weighted by molar-refractivity contribution is 7.91. The van der Waals surface area contributed by atoms with Crippen LogP contribution in [0.5, 0.6) is 0 Å². The molecule has 2 N–H and O–H groups in total. The molecule has 1 aliphatic heterocycles. The van der Waals surface area contributed by atoms with E-state index in [0.29, 0.717) is 43.0 Å². The number of para-hydroxylation sites is 1. The van der Waals surface area contributed by atoms with Crippen molar-refractivity contribution in [3.63, 3.8) is 0 Å². The maximum absolute atomic E-state index is 13.7. The van der Waals surface area contributed by atoms with E-state index < -0.39 is 9.84 Å². The molecule has 0 amide bonds. The van der Waals surface area contributed by atoms with Gasteiger partial charge in [0, 0.05) is 42.1 Å². The van der Waals surface area contributed by atoms with Crippen molar-refractivity contribution in [2.24, 2.45) is 0 Å². The van der Waals surface area contributed by atoms with Gasteiger partial charge in [-0.25, -0.2) is 18.4 Å². The fourth-order valence-corrected chi connectivity index (χ4v) is 5.18. The van der Waals surface area contributed by atoms with E-state index in [-0.39, 0.29) is 15.7 Å². The lowest BCUT2D eigenvalue weighted by molar-refractivity contribution is 0.122. The third kappa shape index (κ3) is 3.62. The van der Waals surface area contributed by atoms with Gasteiger partial charge in [-0.05, 0) is 35.9 Å². The zero-order valence-electron chi connectivity index (χ0n) is 16.6. The number of hydrogen-bond acceptors (Lipinski definition) is 8. The van der Waals surface area contributed by atoms with E-state index in [1.807, 2.05) is 12.1 Å². The first-order valence-electron chi connectivity index (χ1n) is 9.79. The van der Waals surface area contributed by atoms with Crippen LogP contribution >= 0.6 is 0 Å². The molecule has 0 bridgehead atoms. The fraction of sp³-hybridized carbons (Fsp3) is 0.182. The summed E-state index contributed by atoms with van der Waals surface area (Å²) in [5.41, 5.74) is 8.12. The quantitative estimate of drug-likeness (QED) is 0.519. The van der Waals surface area contributed by atoms with Gasteiger partial charge in [0.15, 0.2) is 5.58 Å². The average Bonchev–Trinajstić information content (AvgIpc) is 3.29. The van der Waals surface area contributed by atoms with Crippen LogP contribution < -0.4 is 10.6 Å². The molecule has 2 aromatic heterocycles. The Bertz CT molecular complexity index is 1340. The molecule has 5 rings (SSSR count). The van der Waals surface area contributed by atoms with Gasteiger partial charge in [0.1, 0.15) is 4.90 Å². The van der Waals surface area contributed by atoms with Gasteiger partial charge in [-0.2, -0.15) is 0 Å². The van der Waals surface area contributed by atoms with Crippen LogP contribution in [0.1, 0.15) is 0 Å². The Morgan fingerprint density at radius 3 is 2.52 bits per heavy atom. The van der Waals surface area contributed by atoms with E-state index in [1.54, 1.807) is 42.7 Å². The molecule has 1 saturated heterocycles. The Balaban J connectivity index is 1.69. The molecule has 1 aliphatic rings. The summed E-state index contributed by atoms with van der Waals surface area (Å²) in [6.45, 7) is 2.52. The van der Waals surface area contributed by atoms with E-state index in [1.165, 1.54) is 6.26 Å². The molecule has 0 radical (unpaired) electrons. The molecule has 0 aliphatic carbocycles. The average molecular weight is 436 g/mol. The van der Waals surface area contributed by atoms with Crippen molar-refractivity contribution >= 4 is 32.4 Å². The lowest BCUT2D eigenvalue weighted by Gasteiger charge is -2.29. The molecule has 3 heterocycles. The number of nitrogens with two attached hydrogens (primary N) is 1. The predicted molar refractivity (Wildman–Crippen MR) is 117 cm³/mol. The Labute approximate surface area is 179 Å². The van der Waals surface area contributed by atoms with Crippen LogP contribution in [-0.4, -0.2) is 44.7 Å². The number of morpholine rings is 1. The van der Waals surface area contributed by atoms with Crippen molar-refractivity contribution < 1.29 is 17.6 Å². The monoisotopic (exact) mass is 436 g/mol. The molecule has 2 aromatic carbocycles. The fourth-order valence-electron chi connectivity index (χ4n) is 3.70. The molecule has 1 fully saturated rings. The minimum atomic E-state index is -3.85. The van der Waals surface area contributed by atoms with E-state index in [2.05, 4.69) is 14.9 Å². The molecule has 0 unspecified atom stereocenters. The first-order valence-corrected chi connectivity index (χ1v) is 11.3. The predicted octanol–water partition coefficient (Wildman–Crippen LogP) is 3.14. The van der Waals surface area contributed by atoms with Crippen molar-refractivity contribution in [1.82, 2.24) is 9.97 Å². The van der Waals surface area contributed by atoms with Crippen LogP contribution in [0.25, 0.3) is 22.1 Å². The van der Waals surface area contributed by atoms with Gasteiger partial charge in [-0.1, -0.05) is 12.1 Å². The lowest BCUT2D eigenvalue weighted by Crippen LogP contribution is -2.36. The summed E-state index contributed by atoms with van der Waals surface area (Å²) in [5, 5.41) is 0.734. The number of anilines is 2. The Morgan fingerprint density at radius 2 is 1.74 bits per heavy atom. The van der Waals surface area contributed by atoms with Gasteiger partial charge >= 0.3 is 0 Å². The van der Waals surface area contributed by atoms with Crippen LogP contribution in [0.3, 0.4) is 0 Å². The minimum Gasteiger partial charge on any atom is -0.463 e. The molecule has 9 heteroatoms. The topological polar surface area (TPSA) is 112 Å². The van der Waals surface area contributed by atoms with Gasteiger partial charge in [0.25, 0.3) is 0 Å². The summed E-state index contributed by atoms with van der Waals surface area (Å²) in [5.74, 6) is 0.158. The van der Waals surface area contributed by atoms with Crippen LogP contribution in [-0.2, 0) is 14.6 Å². The summed E-state index contributed by atoms with van der Waals surface area (Å²) in [4.78, 5) is 10.5. The Kier molecular flexibility index (Phi) is 4.84. The van der Waals surface area contributed by atoms with Gasteiger partial charge in [0.05, 0.1) is 24.4 Å². The smallest absolute Gasteiger partial charge is 0.219 e. The van der Waals surface area contributed by atoms with E-state index in [9.17, 15) is 8.42 Å². The number of rotatable bonds is 4. The molecular weight excluding hydrogens is 416 g/mol. The molecular formula is C22H20N4O4S. The van der Waals surface area contributed by atoms with Crippen molar-refractivity contribution in [2.45, 2.75) is 9.79 Å². The molecule has 158 valence electrons. The summed E-state index contributed by atoms with van der Waals surface area (Å²) in [6.07, 6.45) is 4.67. The van der Waals surface area contributed by atoms with Crippen molar-refractivity contribution in [3.05, 3.63) is 61.1 Å². The maximum Gasteiger partial charge on any atom is 0.219 e. The highest BCUT2D eigenvalue weighted by Crippen LogP contribution is 2.34. The van der Waals surface area contributed by atoms with Crippen molar-refractivity contribution in [1.29, 1.82) is 0 Å². The maximum atomic E-state index is 13.7. The number of benzene rings is 2. The van der Waals surface area contributed by atoms with Gasteiger partial charge < -0.3 is 19.8 Å². The molecule has 31 heavy (non-hydrogen) atoms. The first kappa shape index (κ1) is 19.5. The van der Waals surface area contributed by atoms with Crippen LogP contribution in [0.2, 0.25) is 0 Å². The highest BCUT2D eigenvalue weighted by Gasteiger charge is 2.25. The van der Waals surface area contributed by atoms with E-state index in [4.69, 9.17) is 14.9 Å². The molecule has 0 spiro atoms. The van der Waals surface area contributed by atoms with Gasteiger partial charge in [-0.3, -0.25) is 0 Å². The Morgan fingerprint density at radius 1 is 0.968 bits per heavy atom. The zero-order valence-corrected chi connectivity index (χ0v) is 17.4. The standard InChI is InChI=1S/C22H20N4O4S/c23-22-24-13-17(14-25-22)16-10-18(26-5-8-29-9-6-26)12-19(11-16)31(27,28)20-3-1-2-15-4-7-30-21(15)20/h1-4,7,10-14H,5-6,8-9H2,(H2,23,24,25). The molecule has 0 atom stereocenters. The zero-order chi connectivity index (χ0) is 21.4. The normalized spacial score (nSPS) is 14.8. The lowest BCUT2D eigenvalue weighted by atomic mass is 10.1. The first-order chi connectivity index (χ1) is 15.0. The number of nitrogen functional groups attached to an aromatic ring is 1. The van der Waals surface area contributed by atoms with Crippen molar-refractivity contribution in [3.8, 4) is 11.1 Å². The SMILES string of the molecule is Nc1ncc(-c2cc(N3CCOCC3)cc(S(=O)(=O)c3cccc4ccoc34)c2)cn1. The van der Waals surface area contributed by atoms with E-state index >= 15 is 0 Å². The largest absolute Gasteiger partial charge is 0.463 e. The summed E-state index contributed by atoms with van der Waals surface area (Å²) >= 11 is 0. The summed E-state index contributed by atoms with van der Waals surface area (Å²) < 4.78 is 38.3. The second kappa shape index (κ2) is 7.68. The van der Waals surface area contributed by atoms with Crippen LogP contribution in [0.15, 0.2) is 75.3 Å². The third-order valence-electron chi connectivity index (χ3n) is 5.32. The second-order valence-electron chi connectivity index (χ2n) is 7.24. The molecule has 0 saturated carbocycles. The summed E-state index contributed by atoms with van der Waals surface area (Å²) in [7, 11) is -3.85. The molecule has 8 nitrogen and oxygen atoms in total. The number of sulfone groups is 1. The van der Waals surface area contributed by atoms with E-state index in [0.717, 1.165) is 11.1 Å². The number of ether oxygens (including phenoxy) is 1. The molecule has 4 aromatic rings. The number of hydrogen-bond donors (Lipinski definition) is 1. The highest BCUT2D eigenvalue weighted by atomic mass is 32.2. The number of fused-ring (bicyclic) bond motifs is 1. The second-order valence-corrected chi connectivity index (χ2v) is 9.16. The number of furan rings is 1. The summed E-state index contributed by atoms with van der Waals surface area (Å²) in [6, 6.07) is 12.1. The van der Waals surface area contributed by atoms with Crippen molar-refractivity contribution in [2.75, 3.05) is 36.9 Å². The van der Waals surface area contributed by atoms with Gasteiger partial charge in [0.2, 0.25) is 15.8 Å². The van der Waals surface area contributed by atoms with Crippen LogP contribution in [0, 0.1) is 0 Å². The third-order valence-corrected chi connectivity index (χ3v) is 7.07. The number of nitrogens with zero attached hydrogens (tertiary/aromatic N) is 3. The van der Waals surface area contributed by atoms with Crippen LogP contribution in [0.4, 0.5) is 11.6 Å². The minimum absolute atomic E-state index is 0.133.